The van der Waals surface area contributed by atoms with Gasteiger partial charge in [-0.05, 0) is 61.8 Å². The van der Waals surface area contributed by atoms with Crippen molar-refractivity contribution in [2.24, 2.45) is 5.92 Å². The van der Waals surface area contributed by atoms with Gasteiger partial charge in [-0.2, -0.15) is 0 Å². The Bertz CT molecular complexity index is 379. The van der Waals surface area contributed by atoms with Crippen LogP contribution in [0.2, 0.25) is 0 Å². The fraction of sp³-hybridized carbons (Fsp3) is 0.600. The van der Waals surface area contributed by atoms with Crippen LogP contribution in [0.4, 0.5) is 0 Å². The zero-order valence-corrected chi connectivity index (χ0v) is 10.1. The van der Waals surface area contributed by atoms with Crippen molar-refractivity contribution in [2.45, 2.75) is 44.6 Å². The predicted octanol–water partition coefficient (Wildman–Crippen LogP) is 3.24. The number of fused-ring (bicyclic) bond motifs is 1. The molecule has 0 amide bonds. The van der Waals surface area contributed by atoms with Crippen molar-refractivity contribution in [3.63, 3.8) is 0 Å². The Morgan fingerprint density at radius 1 is 1.12 bits per heavy atom. The van der Waals surface area contributed by atoms with Gasteiger partial charge in [-0.1, -0.05) is 24.6 Å². The van der Waals surface area contributed by atoms with Crippen LogP contribution in [0.1, 0.15) is 48.4 Å². The molecule has 0 bridgehead atoms. The first-order valence-electron chi connectivity index (χ1n) is 6.67. The van der Waals surface area contributed by atoms with E-state index in [9.17, 15) is 0 Å². The molecule has 86 valence electrons. The Labute approximate surface area is 98.3 Å². The number of nitrogens with one attached hydrogen (secondary N) is 1. The second kappa shape index (κ2) is 4.21. The van der Waals surface area contributed by atoms with Crippen molar-refractivity contribution in [1.29, 1.82) is 0 Å². The third-order valence-electron chi connectivity index (χ3n) is 4.41. The maximum atomic E-state index is 3.51. The van der Waals surface area contributed by atoms with E-state index in [4.69, 9.17) is 0 Å². The zero-order chi connectivity index (χ0) is 11.0. The van der Waals surface area contributed by atoms with Gasteiger partial charge < -0.3 is 5.32 Å². The minimum Gasteiger partial charge on any atom is -0.313 e. The Balaban J connectivity index is 1.86. The molecule has 0 heterocycles. The SMILES string of the molecule is CNC(c1ccc2c(c1)CCC2)C1CCC1. The van der Waals surface area contributed by atoms with E-state index in [0.717, 1.165) is 5.92 Å². The second-order valence-corrected chi connectivity index (χ2v) is 5.34. The van der Waals surface area contributed by atoms with Crippen molar-refractivity contribution in [1.82, 2.24) is 5.32 Å². The lowest BCUT2D eigenvalue weighted by molar-refractivity contribution is 0.239. The quantitative estimate of drug-likeness (QED) is 0.816. The molecule has 1 aromatic rings. The Hall–Kier alpha value is -0.820. The molecule has 2 aliphatic carbocycles. The van der Waals surface area contributed by atoms with E-state index in [1.807, 2.05) is 0 Å². The number of aryl methyl sites for hydroxylation is 2. The summed E-state index contributed by atoms with van der Waals surface area (Å²) in [6.45, 7) is 0. The first-order chi connectivity index (χ1) is 7.88. The van der Waals surface area contributed by atoms with Crippen LogP contribution in [-0.2, 0) is 12.8 Å². The smallest absolute Gasteiger partial charge is 0.0346 e. The highest BCUT2D eigenvalue weighted by molar-refractivity contribution is 5.36. The van der Waals surface area contributed by atoms with E-state index in [0.29, 0.717) is 6.04 Å². The van der Waals surface area contributed by atoms with Gasteiger partial charge in [-0.15, -0.1) is 0 Å². The van der Waals surface area contributed by atoms with Gasteiger partial charge in [0, 0.05) is 6.04 Å². The average molecular weight is 215 g/mol. The predicted molar refractivity (Wildman–Crippen MR) is 67.6 cm³/mol. The molecule has 0 aromatic heterocycles. The van der Waals surface area contributed by atoms with Gasteiger partial charge in [0.15, 0.2) is 0 Å². The molecule has 1 heteroatoms. The summed E-state index contributed by atoms with van der Waals surface area (Å²) in [5, 5.41) is 3.51. The van der Waals surface area contributed by atoms with Crippen LogP contribution in [0, 0.1) is 5.92 Å². The third-order valence-corrected chi connectivity index (χ3v) is 4.41. The summed E-state index contributed by atoms with van der Waals surface area (Å²) < 4.78 is 0. The van der Waals surface area contributed by atoms with Gasteiger partial charge >= 0.3 is 0 Å². The molecule has 1 fully saturated rings. The van der Waals surface area contributed by atoms with Crippen molar-refractivity contribution in [3.05, 3.63) is 34.9 Å². The average Bonchev–Trinajstić information content (AvgIpc) is 2.69. The number of hydrogen-bond donors (Lipinski definition) is 1. The van der Waals surface area contributed by atoms with Crippen LogP contribution in [0.3, 0.4) is 0 Å². The highest BCUT2D eigenvalue weighted by atomic mass is 14.9. The molecule has 0 radical (unpaired) electrons. The molecular weight excluding hydrogens is 194 g/mol. The van der Waals surface area contributed by atoms with Gasteiger partial charge in [0.25, 0.3) is 0 Å². The van der Waals surface area contributed by atoms with Gasteiger partial charge in [0.05, 0.1) is 0 Å². The van der Waals surface area contributed by atoms with Crippen LogP contribution >= 0.6 is 0 Å². The van der Waals surface area contributed by atoms with Crippen LogP contribution < -0.4 is 5.32 Å². The Morgan fingerprint density at radius 3 is 2.62 bits per heavy atom. The Kier molecular flexibility index (Phi) is 2.72. The lowest BCUT2D eigenvalue weighted by Gasteiger charge is -2.34. The fourth-order valence-corrected chi connectivity index (χ4v) is 3.23. The third kappa shape index (κ3) is 1.67. The minimum atomic E-state index is 0.597. The summed E-state index contributed by atoms with van der Waals surface area (Å²) in [5.74, 6) is 0.879. The largest absolute Gasteiger partial charge is 0.313 e. The lowest BCUT2D eigenvalue weighted by Crippen LogP contribution is -2.29. The lowest BCUT2D eigenvalue weighted by atomic mass is 9.77. The highest BCUT2D eigenvalue weighted by Gasteiger charge is 2.27. The van der Waals surface area contributed by atoms with Gasteiger partial charge in [0.2, 0.25) is 0 Å². The van der Waals surface area contributed by atoms with Crippen molar-refractivity contribution >= 4 is 0 Å². The van der Waals surface area contributed by atoms with Gasteiger partial charge in [0.1, 0.15) is 0 Å². The molecule has 16 heavy (non-hydrogen) atoms. The molecule has 0 saturated heterocycles. The zero-order valence-electron chi connectivity index (χ0n) is 10.1. The maximum Gasteiger partial charge on any atom is 0.0346 e. The fourth-order valence-electron chi connectivity index (χ4n) is 3.23. The van der Waals surface area contributed by atoms with Crippen LogP contribution in [0.15, 0.2) is 18.2 Å². The number of benzene rings is 1. The van der Waals surface area contributed by atoms with Crippen LogP contribution in [-0.4, -0.2) is 7.05 Å². The summed E-state index contributed by atoms with van der Waals surface area (Å²) in [6.07, 6.45) is 8.18. The molecule has 1 atom stereocenters. The van der Waals surface area contributed by atoms with E-state index in [2.05, 4.69) is 30.6 Å². The summed E-state index contributed by atoms with van der Waals surface area (Å²) >= 11 is 0. The highest BCUT2D eigenvalue weighted by Crippen LogP contribution is 2.38. The van der Waals surface area contributed by atoms with E-state index in [1.54, 1.807) is 11.1 Å². The molecule has 1 unspecified atom stereocenters. The van der Waals surface area contributed by atoms with Crippen molar-refractivity contribution < 1.29 is 0 Å². The first-order valence-corrected chi connectivity index (χ1v) is 6.67. The molecule has 2 aliphatic rings. The molecule has 0 spiro atoms. The normalized spacial score (nSPS) is 21.6. The molecule has 1 saturated carbocycles. The molecule has 3 rings (SSSR count). The van der Waals surface area contributed by atoms with E-state index in [-0.39, 0.29) is 0 Å². The molecule has 1 N–H and O–H groups in total. The molecule has 1 nitrogen and oxygen atoms in total. The number of hydrogen-bond acceptors (Lipinski definition) is 1. The van der Waals surface area contributed by atoms with Crippen molar-refractivity contribution in [3.8, 4) is 0 Å². The summed E-state index contributed by atoms with van der Waals surface area (Å²) in [7, 11) is 2.11. The summed E-state index contributed by atoms with van der Waals surface area (Å²) in [6, 6.07) is 7.77. The van der Waals surface area contributed by atoms with E-state index in [1.165, 1.54) is 44.1 Å². The molecular formula is C15H21N. The Morgan fingerprint density at radius 2 is 1.94 bits per heavy atom. The van der Waals surface area contributed by atoms with Gasteiger partial charge in [-0.3, -0.25) is 0 Å². The van der Waals surface area contributed by atoms with Gasteiger partial charge in [-0.25, -0.2) is 0 Å². The topological polar surface area (TPSA) is 12.0 Å². The first kappa shape index (κ1) is 10.3. The van der Waals surface area contributed by atoms with Crippen molar-refractivity contribution in [2.75, 3.05) is 7.05 Å². The molecule has 1 aromatic carbocycles. The maximum absolute atomic E-state index is 3.51. The van der Waals surface area contributed by atoms with Crippen LogP contribution in [0.25, 0.3) is 0 Å². The monoisotopic (exact) mass is 215 g/mol. The standard InChI is InChI=1S/C15H21N/c1-16-15(12-5-3-6-12)14-9-8-11-4-2-7-13(11)10-14/h8-10,12,15-16H,2-7H2,1H3. The number of rotatable bonds is 3. The summed E-state index contributed by atoms with van der Waals surface area (Å²) in [5.41, 5.74) is 4.72. The van der Waals surface area contributed by atoms with Crippen LogP contribution in [0.5, 0.6) is 0 Å². The second-order valence-electron chi connectivity index (χ2n) is 5.34. The summed E-state index contributed by atoms with van der Waals surface area (Å²) in [4.78, 5) is 0. The van der Waals surface area contributed by atoms with E-state index >= 15 is 0 Å². The van der Waals surface area contributed by atoms with E-state index < -0.39 is 0 Å². The minimum absolute atomic E-state index is 0.597. The molecule has 0 aliphatic heterocycles.